The third kappa shape index (κ3) is 4.32. The molecule has 0 N–H and O–H groups in total. The predicted octanol–water partition coefficient (Wildman–Crippen LogP) is 4.00. The molecule has 0 fully saturated rings. The Morgan fingerprint density at radius 3 is 2.53 bits per heavy atom. The molecule has 0 amide bonds. The summed E-state index contributed by atoms with van der Waals surface area (Å²) in [7, 11) is 0. The Kier molecular flexibility index (Phi) is 5.16. The fourth-order valence-corrected chi connectivity index (χ4v) is 1.60. The van der Waals surface area contributed by atoms with E-state index in [1.54, 1.807) is 6.07 Å². The van der Waals surface area contributed by atoms with Crippen LogP contribution in [0.4, 0.5) is 0 Å². The minimum atomic E-state index is 0.00670. The Bertz CT molecular complexity index is 299. The van der Waals surface area contributed by atoms with Gasteiger partial charge in [-0.2, -0.15) is 0 Å². The van der Waals surface area contributed by atoms with Crippen molar-refractivity contribution in [3.63, 3.8) is 0 Å². The number of hydrogen-bond donors (Lipinski definition) is 0. The second-order valence-corrected chi connectivity index (χ2v) is 3.99. The van der Waals surface area contributed by atoms with Crippen molar-refractivity contribution in [2.24, 2.45) is 0 Å². The number of ketones is 1. The van der Waals surface area contributed by atoms with E-state index in [-0.39, 0.29) is 5.78 Å². The first-order valence-electron chi connectivity index (χ1n) is 5.83. The van der Waals surface area contributed by atoms with E-state index in [0.29, 0.717) is 5.76 Å². The van der Waals surface area contributed by atoms with E-state index in [1.807, 2.05) is 6.07 Å². The molecule has 0 aliphatic carbocycles. The van der Waals surface area contributed by atoms with Crippen molar-refractivity contribution in [1.82, 2.24) is 0 Å². The molecule has 84 valence electrons. The largest absolute Gasteiger partial charge is 0.458 e. The zero-order chi connectivity index (χ0) is 11.1. The van der Waals surface area contributed by atoms with Crippen molar-refractivity contribution in [1.29, 1.82) is 0 Å². The van der Waals surface area contributed by atoms with Gasteiger partial charge in [-0.05, 0) is 18.6 Å². The lowest BCUT2D eigenvalue weighted by atomic mass is 10.1. The summed E-state index contributed by atoms with van der Waals surface area (Å²) in [6.45, 7) is 3.75. The van der Waals surface area contributed by atoms with Crippen molar-refractivity contribution >= 4 is 5.78 Å². The molecule has 1 heterocycles. The average molecular weight is 208 g/mol. The molecule has 0 atom stereocenters. The Morgan fingerprint density at radius 2 is 1.93 bits per heavy atom. The predicted molar refractivity (Wildman–Crippen MR) is 61.2 cm³/mol. The lowest BCUT2D eigenvalue weighted by Crippen LogP contribution is -1.87. The van der Waals surface area contributed by atoms with Crippen LogP contribution in [0.1, 0.15) is 62.3 Å². The molecule has 2 nitrogen and oxygen atoms in total. The van der Waals surface area contributed by atoms with Crippen molar-refractivity contribution < 1.29 is 9.21 Å². The van der Waals surface area contributed by atoms with Crippen LogP contribution in [0.5, 0.6) is 0 Å². The van der Waals surface area contributed by atoms with Crippen LogP contribution in [0.15, 0.2) is 16.5 Å². The maximum atomic E-state index is 11.0. The summed E-state index contributed by atoms with van der Waals surface area (Å²) in [5.41, 5.74) is 0. The minimum Gasteiger partial charge on any atom is -0.458 e. The number of carbonyl (C=O) groups excluding carboxylic acids is 1. The Balaban J connectivity index is 2.23. The molecule has 0 aliphatic rings. The van der Waals surface area contributed by atoms with Crippen LogP contribution in [-0.4, -0.2) is 5.78 Å². The van der Waals surface area contributed by atoms with Crippen LogP contribution in [0.25, 0.3) is 0 Å². The molecule has 1 aromatic rings. The highest BCUT2D eigenvalue weighted by atomic mass is 16.3. The Morgan fingerprint density at radius 1 is 1.20 bits per heavy atom. The zero-order valence-electron chi connectivity index (χ0n) is 9.71. The normalized spacial score (nSPS) is 10.5. The molecule has 2 heteroatoms. The first-order valence-corrected chi connectivity index (χ1v) is 5.83. The van der Waals surface area contributed by atoms with Gasteiger partial charge in [0.25, 0.3) is 0 Å². The summed E-state index contributed by atoms with van der Waals surface area (Å²) in [4.78, 5) is 11.0. The zero-order valence-corrected chi connectivity index (χ0v) is 9.71. The van der Waals surface area contributed by atoms with Crippen molar-refractivity contribution in [3.8, 4) is 0 Å². The summed E-state index contributed by atoms with van der Waals surface area (Å²) < 4.78 is 5.40. The first-order chi connectivity index (χ1) is 7.24. The van der Waals surface area contributed by atoms with Gasteiger partial charge in [0, 0.05) is 13.3 Å². The van der Waals surface area contributed by atoms with Crippen LogP contribution in [-0.2, 0) is 6.42 Å². The third-order valence-electron chi connectivity index (χ3n) is 2.54. The molecule has 1 rings (SSSR count). The fraction of sp³-hybridized carbons (Fsp3) is 0.615. The van der Waals surface area contributed by atoms with Gasteiger partial charge in [-0.15, -0.1) is 0 Å². The molecular formula is C13H20O2. The summed E-state index contributed by atoms with van der Waals surface area (Å²) >= 11 is 0. The van der Waals surface area contributed by atoms with Gasteiger partial charge >= 0.3 is 0 Å². The highest BCUT2D eigenvalue weighted by Gasteiger charge is 2.05. The van der Waals surface area contributed by atoms with E-state index in [4.69, 9.17) is 4.42 Å². The molecule has 1 aromatic heterocycles. The molecule has 0 saturated carbocycles. The maximum Gasteiger partial charge on any atom is 0.194 e. The summed E-state index contributed by atoms with van der Waals surface area (Å²) in [6, 6.07) is 3.68. The fourth-order valence-electron chi connectivity index (χ4n) is 1.60. The van der Waals surface area contributed by atoms with E-state index in [0.717, 1.165) is 18.6 Å². The number of hydrogen-bond acceptors (Lipinski definition) is 2. The van der Waals surface area contributed by atoms with E-state index < -0.39 is 0 Å². The molecule has 0 aliphatic heterocycles. The summed E-state index contributed by atoms with van der Waals surface area (Å²) in [6.07, 6.45) is 7.26. The van der Waals surface area contributed by atoms with Gasteiger partial charge in [0.05, 0.1) is 0 Å². The number of furan rings is 1. The second-order valence-electron chi connectivity index (χ2n) is 3.99. The number of aryl methyl sites for hydroxylation is 1. The van der Waals surface area contributed by atoms with Gasteiger partial charge < -0.3 is 4.42 Å². The number of unbranched alkanes of at least 4 members (excludes halogenated alkanes) is 4. The van der Waals surface area contributed by atoms with Crippen LogP contribution < -0.4 is 0 Å². The van der Waals surface area contributed by atoms with Gasteiger partial charge in [-0.3, -0.25) is 4.79 Å². The van der Waals surface area contributed by atoms with Gasteiger partial charge in [-0.25, -0.2) is 0 Å². The van der Waals surface area contributed by atoms with Gasteiger partial charge in [-0.1, -0.05) is 32.6 Å². The highest BCUT2D eigenvalue weighted by Crippen LogP contribution is 2.12. The van der Waals surface area contributed by atoms with Crippen molar-refractivity contribution in [2.75, 3.05) is 0 Å². The van der Waals surface area contributed by atoms with Crippen LogP contribution >= 0.6 is 0 Å². The van der Waals surface area contributed by atoms with Crippen LogP contribution in [0, 0.1) is 0 Å². The molecule has 0 radical (unpaired) electrons. The lowest BCUT2D eigenvalue weighted by molar-refractivity contribution is 0.0985. The molecule has 15 heavy (non-hydrogen) atoms. The monoisotopic (exact) mass is 208 g/mol. The van der Waals surface area contributed by atoms with Gasteiger partial charge in [0.2, 0.25) is 0 Å². The SMILES string of the molecule is CCCCCCCc1ccc(C(C)=O)o1. The van der Waals surface area contributed by atoms with E-state index in [1.165, 1.54) is 32.6 Å². The standard InChI is InChI=1S/C13H20O2/c1-3-4-5-6-7-8-12-9-10-13(15-12)11(2)14/h9-10H,3-8H2,1-2H3. The van der Waals surface area contributed by atoms with Crippen LogP contribution in [0.2, 0.25) is 0 Å². The molecule has 0 spiro atoms. The quantitative estimate of drug-likeness (QED) is 0.501. The first kappa shape index (κ1) is 12.0. The Hall–Kier alpha value is -1.05. The van der Waals surface area contributed by atoms with Gasteiger partial charge in [0.1, 0.15) is 5.76 Å². The molecule has 0 bridgehead atoms. The minimum absolute atomic E-state index is 0.00670. The number of carbonyl (C=O) groups is 1. The average Bonchev–Trinajstić information content (AvgIpc) is 2.66. The smallest absolute Gasteiger partial charge is 0.194 e. The van der Waals surface area contributed by atoms with Crippen molar-refractivity contribution in [3.05, 3.63) is 23.7 Å². The Labute approximate surface area is 91.7 Å². The summed E-state index contributed by atoms with van der Waals surface area (Å²) in [5, 5.41) is 0. The van der Waals surface area contributed by atoms with E-state index in [9.17, 15) is 4.79 Å². The molecule has 0 aromatic carbocycles. The maximum absolute atomic E-state index is 11.0. The summed E-state index contributed by atoms with van der Waals surface area (Å²) in [5.74, 6) is 1.43. The molecule has 0 unspecified atom stereocenters. The lowest BCUT2D eigenvalue weighted by Gasteiger charge is -1.97. The van der Waals surface area contributed by atoms with Crippen LogP contribution in [0.3, 0.4) is 0 Å². The number of Topliss-reactive ketones (excluding diaryl/α,β-unsaturated/α-hetero) is 1. The second kappa shape index (κ2) is 6.44. The number of rotatable bonds is 7. The molecular weight excluding hydrogens is 188 g/mol. The van der Waals surface area contributed by atoms with E-state index >= 15 is 0 Å². The molecule has 0 saturated heterocycles. The topological polar surface area (TPSA) is 30.2 Å². The van der Waals surface area contributed by atoms with Crippen molar-refractivity contribution in [2.45, 2.75) is 52.4 Å². The third-order valence-corrected chi connectivity index (χ3v) is 2.54. The van der Waals surface area contributed by atoms with Gasteiger partial charge in [0.15, 0.2) is 11.5 Å². The highest BCUT2D eigenvalue weighted by molar-refractivity contribution is 5.91. The van der Waals surface area contributed by atoms with E-state index in [2.05, 4.69) is 6.92 Å².